The maximum Gasteiger partial charge on any atom is 0.338 e. The number of benzene rings is 2. The molecule has 5 rings (SSSR count). The van der Waals surface area contributed by atoms with Crippen molar-refractivity contribution in [1.82, 2.24) is 4.57 Å². The molecule has 0 amide bonds. The lowest BCUT2D eigenvalue weighted by molar-refractivity contribution is -0.138. The zero-order chi connectivity index (χ0) is 25.9. The molecule has 4 aromatic rings. The van der Waals surface area contributed by atoms with Crippen molar-refractivity contribution in [2.24, 2.45) is 4.99 Å². The van der Waals surface area contributed by atoms with E-state index in [9.17, 15) is 9.59 Å². The van der Waals surface area contributed by atoms with Gasteiger partial charge in [0.2, 0.25) is 0 Å². The van der Waals surface area contributed by atoms with Crippen molar-refractivity contribution in [2.45, 2.75) is 13.0 Å². The summed E-state index contributed by atoms with van der Waals surface area (Å²) in [6.45, 7) is 1.90. The van der Waals surface area contributed by atoms with Gasteiger partial charge >= 0.3 is 5.97 Å². The Morgan fingerprint density at radius 1 is 1.08 bits per heavy atom. The quantitative estimate of drug-likeness (QED) is 0.349. The summed E-state index contributed by atoms with van der Waals surface area (Å²) in [5.41, 5.74) is 1.64. The fraction of sp³-hybridized carbons (Fsp3) is 0.179. The van der Waals surface area contributed by atoms with Crippen LogP contribution in [0.1, 0.15) is 29.9 Å². The number of aromatic nitrogens is 1. The Labute approximate surface area is 216 Å². The number of fused-ring (bicyclic) bond motifs is 1. The van der Waals surface area contributed by atoms with E-state index in [1.165, 1.54) is 30.1 Å². The van der Waals surface area contributed by atoms with Crippen LogP contribution in [0.4, 0.5) is 0 Å². The first-order valence-corrected chi connectivity index (χ1v) is 12.4. The van der Waals surface area contributed by atoms with Crippen molar-refractivity contribution < 1.29 is 23.4 Å². The van der Waals surface area contributed by atoms with Gasteiger partial charge < -0.3 is 18.6 Å². The van der Waals surface area contributed by atoms with Gasteiger partial charge in [-0.1, -0.05) is 53.8 Å². The summed E-state index contributed by atoms with van der Waals surface area (Å²) >= 11 is 1.22. The summed E-state index contributed by atoms with van der Waals surface area (Å²) in [4.78, 5) is 32.7. The van der Waals surface area contributed by atoms with Crippen LogP contribution in [0.25, 0.3) is 11.8 Å². The van der Waals surface area contributed by atoms with Crippen molar-refractivity contribution in [3.05, 3.63) is 109 Å². The molecule has 9 heteroatoms. The maximum absolute atomic E-state index is 13.8. The molecule has 0 N–H and O–H groups in total. The number of ether oxygens (including phenoxy) is 3. The summed E-state index contributed by atoms with van der Waals surface area (Å²) in [7, 11) is 3.06. The lowest BCUT2D eigenvalue weighted by atomic mass is 9.92. The molecule has 2 aromatic heterocycles. The number of thiazole rings is 1. The number of esters is 1. The normalized spacial score (nSPS) is 15.2. The van der Waals surface area contributed by atoms with E-state index in [1.54, 1.807) is 43.5 Å². The molecule has 0 aliphatic carbocycles. The molecular formula is C28H24N2O6S. The third-order valence-electron chi connectivity index (χ3n) is 5.92. The van der Waals surface area contributed by atoms with E-state index in [0.717, 1.165) is 5.56 Å². The number of carbonyl (C=O) groups is 1. The molecule has 0 saturated carbocycles. The molecule has 0 bridgehead atoms. The predicted molar refractivity (Wildman–Crippen MR) is 139 cm³/mol. The van der Waals surface area contributed by atoms with Gasteiger partial charge in [0.1, 0.15) is 11.8 Å². The standard InChI is InChI=1S/C28H24N2O6S/c1-4-35-27(32)22-23(17-10-6-5-7-11-17)29-28-30(26(31)21(37-28)16-18-12-9-15-36-18)24(22)19-13-8-14-20(33-2)25(19)34-3/h5-16,24H,4H2,1-3H3/b21-16-/t24-/m0/s1. The highest BCUT2D eigenvalue weighted by Gasteiger charge is 2.37. The molecule has 0 saturated heterocycles. The lowest BCUT2D eigenvalue weighted by Crippen LogP contribution is -2.40. The average molecular weight is 517 g/mol. The molecule has 3 heterocycles. The maximum atomic E-state index is 13.8. The van der Waals surface area contributed by atoms with Crippen molar-refractivity contribution >= 4 is 29.1 Å². The van der Waals surface area contributed by atoms with Gasteiger partial charge in [-0.05, 0) is 25.1 Å². The van der Waals surface area contributed by atoms with E-state index in [1.807, 2.05) is 36.4 Å². The number of hydrogen-bond donors (Lipinski definition) is 0. The molecule has 1 atom stereocenters. The van der Waals surface area contributed by atoms with E-state index < -0.39 is 12.0 Å². The van der Waals surface area contributed by atoms with Crippen LogP contribution >= 0.6 is 11.3 Å². The fourth-order valence-electron chi connectivity index (χ4n) is 4.36. The Bertz CT molecular complexity index is 1650. The first-order chi connectivity index (χ1) is 18.1. The molecular weight excluding hydrogens is 492 g/mol. The van der Waals surface area contributed by atoms with Gasteiger partial charge in [0.05, 0.1) is 42.9 Å². The van der Waals surface area contributed by atoms with Crippen LogP contribution in [0.3, 0.4) is 0 Å². The second kappa shape index (κ2) is 10.3. The summed E-state index contributed by atoms with van der Waals surface area (Å²) in [6, 6.07) is 17.4. The molecule has 188 valence electrons. The number of carbonyl (C=O) groups excluding carboxylic acids is 1. The highest BCUT2D eigenvalue weighted by atomic mass is 32.1. The summed E-state index contributed by atoms with van der Waals surface area (Å²) < 4.78 is 24.1. The predicted octanol–water partition coefficient (Wildman–Crippen LogP) is 3.55. The number of para-hydroxylation sites is 1. The van der Waals surface area contributed by atoms with E-state index in [2.05, 4.69) is 0 Å². The van der Waals surface area contributed by atoms with Crippen LogP contribution in [0.5, 0.6) is 11.5 Å². The molecule has 37 heavy (non-hydrogen) atoms. The third kappa shape index (κ3) is 4.38. The molecule has 1 aliphatic rings. The van der Waals surface area contributed by atoms with Crippen molar-refractivity contribution in [2.75, 3.05) is 20.8 Å². The first-order valence-electron chi connectivity index (χ1n) is 11.6. The highest BCUT2D eigenvalue weighted by Crippen LogP contribution is 2.42. The third-order valence-corrected chi connectivity index (χ3v) is 6.90. The first kappa shape index (κ1) is 24.3. The van der Waals surface area contributed by atoms with E-state index in [-0.39, 0.29) is 17.7 Å². The number of furan rings is 1. The van der Waals surface area contributed by atoms with Crippen molar-refractivity contribution in [1.29, 1.82) is 0 Å². The zero-order valence-corrected chi connectivity index (χ0v) is 21.3. The Morgan fingerprint density at radius 3 is 2.57 bits per heavy atom. The van der Waals surface area contributed by atoms with Crippen LogP contribution in [-0.4, -0.2) is 31.4 Å². The molecule has 0 unspecified atom stereocenters. The zero-order valence-electron chi connectivity index (χ0n) is 20.5. The van der Waals surface area contributed by atoms with Crippen LogP contribution in [0, 0.1) is 0 Å². The van der Waals surface area contributed by atoms with Crippen LogP contribution < -0.4 is 24.4 Å². The van der Waals surface area contributed by atoms with Gasteiger partial charge in [-0.25, -0.2) is 9.79 Å². The molecule has 0 radical (unpaired) electrons. The average Bonchev–Trinajstić information content (AvgIpc) is 3.55. The summed E-state index contributed by atoms with van der Waals surface area (Å²) in [6.07, 6.45) is 3.21. The van der Waals surface area contributed by atoms with Gasteiger partial charge in [-0.15, -0.1) is 0 Å². The van der Waals surface area contributed by atoms with Gasteiger partial charge in [0.15, 0.2) is 16.3 Å². The van der Waals surface area contributed by atoms with Crippen molar-refractivity contribution in [3.8, 4) is 11.5 Å². The van der Waals surface area contributed by atoms with Gasteiger partial charge in [0.25, 0.3) is 5.56 Å². The molecule has 1 aliphatic heterocycles. The number of nitrogens with zero attached hydrogens (tertiary/aromatic N) is 2. The highest BCUT2D eigenvalue weighted by molar-refractivity contribution is 7.07. The topological polar surface area (TPSA) is 92.3 Å². The molecule has 0 fully saturated rings. The minimum absolute atomic E-state index is 0.162. The summed E-state index contributed by atoms with van der Waals surface area (Å²) in [5, 5.41) is 0. The van der Waals surface area contributed by atoms with Gasteiger partial charge in [-0.3, -0.25) is 9.36 Å². The minimum atomic E-state index is -0.880. The van der Waals surface area contributed by atoms with E-state index in [0.29, 0.717) is 37.9 Å². The minimum Gasteiger partial charge on any atom is -0.493 e. The molecule has 0 spiro atoms. The monoisotopic (exact) mass is 516 g/mol. The number of rotatable bonds is 7. The van der Waals surface area contributed by atoms with Crippen LogP contribution in [0.15, 0.2) is 86.7 Å². The Morgan fingerprint density at radius 2 is 1.89 bits per heavy atom. The van der Waals surface area contributed by atoms with Crippen LogP contribution in [0.2, 0.25) is 0 Å². The van der Waals surface area contributed by atoms with E-state index in [4.69, 9.17) is 23.6 Å². The molecule has 8 nitrogen and oxygen atoms in total. The second-order valence-electron chi connectivity index (χ2n) is 8.03. The van der Waals surface area contributed by atoms with Gasteiger partial charge in [-0.2, -0.15) is 0 Å². The summed E-state index contributed by atoms with van der Waals surface area (Å²) in [5.74, 6) is 0.847. The Balaban J connectivity index is 1.89. The Hall–Kier alpha value is -4.37. The largest absolute Gasteiger partial charge is 0.493 e. The van der Waals surface area contributed by atoms with Gasteiger partial charge in [0, 0.05) is 17.2 Å². The lowest BCUT2D eigenvalue weighted by Gasteiger charge is -2.27. The Kier molecular flexibility index (Phi) is 6.78. The molecule has 2 aromatic carbocycles. The SMILES string of the molecule is CCOC(=O)C1=C(c2ccccc2)N=c2s/c(=C\c3ccco3)c(=O)n2[C@H]1c1cccc(OC)c1OC. The number of methoxy groups -OCH3 is 2. The number of hydrogen-bond acceptors (Lipinski definition) is 8. The fourth-order valence-corrected chi connectivity index (χ4v) is 5.35. The second-order valence-corrected chi connectivity index (χ2v) is 9.04. The van der Waals surface area contributed by atoms with E-state index >= 15 is 0 Å². The smallest absolute Gasteiger partial charge is 0.338 e. The van der Waals surface area contributed by atoms with Crippen molar-refractivity contribution in [3.63, 3.8) is 0 Å². The van der Waals surface area contributed by atoms with Crippen LogP contribution in [-0.2, 0) is 9.53 Å².